The van der Waals surface area contributed by atoms with Gasteiger partial charge in [-0.2, -0.15) is 0 Å². The van der Waals surface area contributed by atoms with Gasteiger partial charge >= 0.3 is 0 Å². The molecule has 0 aromatic heterocycles. The van der Waals surface area contributed by atoms with Crippen molar-refractivity contribution in [2.45, 2.75) is 69.5 Å². The highest BCUT2D eigenvalue weighted by Gasteiger charge is 2.70. The number of carbonyl (C=O) groups is 2. The molecule has 1 amide bonds. The molecule has 10 nitrogen and oxygen atoms in total. The molecule has 3 atom stereocenters. The summed E-state index contributed by atoms with van der Waals surface area (Å²) in [7, 11) is 0. The Kier molecular flexibility index (Phi) is 4.35. The van der Waals surface area contributed by atoms with Crippen LogP contribution >= 0.6 is 15.9 Å². The fourth-order valence-electron chi connectivity index (χ4n) is 23.4. The summed E-state index contributed by atoms with van der Waals surface area (Å²) >= 11 is 3.62. The molecule has 24 aromatic carbocycles. The van der Waals surface area contributed by atoms with Crippen molar-refractivity contribution in [1.29, 1.82) is 0 Å². The Labute approximate surface area is 476 Å². The summed E-state index contributed by atoms with van der Waals surface area (Å²) in [4.78, 5) is 81.9. The van der Waals surface area contributed by atoms with Gasteiger partial charge in [-0.15, -0.1) is 0 Å². The number of amides is 1. The summed E-state index contributed by atoms with van der Waals surface area (Å²) in [6.45, 7) is 11.6. The van der Waals surface area contributed by atoms with Crippen LogP contribution in [0.15, 0.2) is 44.9 Å². The van der Waals surface area contributed by atoms with Crippen LogP contribution in [0.25, 0.3) is 243 Å². The molecule has 11 heteroatoms. The third-order valence-electron chi connectivity index (χ3n) is 24.6. The van der Waals surface area contributed by atoms with Crippen LogP contribution in [0.1, 0.15) is 74.9 Å². The Bertz CT molecular complexity index is 7770. The van der Waals surface area contributed by atoms with Gasteiger partial charge in [0.25, 0.3) is 5.91 Å². The molecule has 5 aliphatic carbocycles. The van der Waals surface area contributed by atoms with Gasteiger partial charge in [0.05, 0.1) is 11.2 Å². The van der Waals surface area contributed by atoms with E-state index in [1.807, 2.05) is 65.8 Å². The summed E-state index contributed by atoms with van der Waals surface area (Å²) in [5.41, 5.74) is -4.91. The van der Waals surface area contributed by atoms with Crippen molar-refractivity contribution in [3.8, 4) is 0 Å². The number of hydrogen-bond donors (Lipinski definition) is 2. The average Bonchev–Trinajstić information content (AvgIpc) is 1.40. The molecule has 386 valence electrons. The molecular weight excluding hydrogens is 1130 g/mol. The first kappa shape index (κ1) is 38.8. The van der Waals surface area contributed by atoms with Crippen LogP contribution in [-0.4, -0.2) is 28.0 Å². The predicted molar refractivity (Wildman–Crippen MR) is 336 cm³/mol. The summed E-state index contributed by atoms with van der Waals surface area (Å²) in [6, 6.07) is 7.36. The van der Waals surface area contributed by atoms with Crippen molar-refractivity contribution in [2.24, 2.45) is 0 Å². The molecule has 0 bridgehead atoms. The standard InChI is InChI=1S/C74H24BrNO9/c1-70(2,3)82-84-73-59-48-38-28-18-13-14-16-17-15(13)19-23-22(18)33(38)43-44-34(23)39-30(19)32-26(17)31-27-20(16)24-25-21(14)29(28)40-36(25)46-45-35(24)37(27)47-51-41(31)42(32)52-50(39)60-54(44)55(53(43)59)66(67(73)78)81-68-64(69(79)76-12-9-7-11(75)8-10-12)72(80,58(47)56(45)65(77)57(46)61(73)49(40)48)62(51)63(52)74(60,68)85-83-71(4,5)6/h7-10,80H,1-6H3,(H,76,79)/t72-,73-,74+/m1/s1. The number of benzene rings is 16. The van der Waals surface area contributed by atoms with Gasteiger partial charge < -0.3 is 15.2 Å². The van der Waals surface area contributed by atoms with E-state index in [0.717, 1.165) is 118 Å². The van der Waals surface area contributed by atoms with E-state index in [-0.39, 0.29) is 22.5 Å². The SMILES string of the molecule is CC(C)(C)OO[C@]12C3=C(C(=O)Nc4ccc(Br)cc4)[C@]4(O)c5c1c1c6c2c2c7c8c9c%10c%11c(c%12c(=O)c%13c4c4c5c5c1c1c%14c6c6c2c8c2c%10c8c%10c%11c%11c%12c%13c%12c4c4c5c1c1c5c4c%12c%11c%10c5c4c8c2c6c%14c14)[C@@]9(OOC(C)(C)C)C(=O)C=7O3. The van der Waals surface area contributed by atoms with Crippen LogP contribution in [0.4, 0.5) is 5.69 Å². The topological polar surface area (TPSA) is 130 Å². The van der Waals surface area contributed by atoms with Crippen molar-refractivity contribution in [2.75, 3.05) is 5.32 Å². The number of ether oxygens (including phenoxy) is 1. The third-order valence-corrected chi connectivity index (χ3v) is 25.1. The molecule has 1 heterocycles. The van der Waals surface area contributed by atoms with Crippen molar-refractivity contribution in [3.63, 3.8) is 0 Å². The lowest BCUT2D eigenvalue weighted by Crippen LogP contribution is -2.49. The van der Waals surface area contributed by atoms with Crippen LogP contribution < -0.4 is 16.0 Å². The van der Waals surface area contributed by atoms with Gasteiger partial charge in [0.15, 0.2) is 22.5 Å². The van der Waals surface area contributed by atoms with E-state index >= 15 is 19.5 Å². The van der Waals surface area contributed by atoms with E-state index in [4.69, 9.17) is 24.3 Å². The van der Waals surface area contributed by atoms with E-state index < -0.39 is 39.7 Å². The molecule has 0 radical (unpaired) electrons. The maximum Gasteiger partial charge on any atom is 0.258 e. The minimum Gasteiger partial charge on any atom is -0.452 e. The minimum atomic E-state index is -2.40. The van der Waals surface area contributed by atoms with Crippen molar-refractivity contribution in [1.82, 2.24) is 0 Å². The van der Waals surface area contributed by atoms with Gasteiger partial charge in [-0.1, -0.05) is 15.9 Å². The number of rotatable bonds is 6. The van der Waals surface area contributed by atoms with Crippen LogP contribution in [0.2, 0.25) is 0 Å². The predicted octanol–water partition coefficient (Wildman–Crippen LogP) is 15.9. The number of carbonyl (C=O) groups excluding carboxylic acids is 2. The number of fused-ring (bicyclic) bond motifs is 4. The zero-order valence-electron chi connectivity index (χ0n) is 44.9. The van der Waals surface area contributed by atoms with Gasteiger partial charge in [0, 0.05) is 103 Å². The van der Waals surface area contributed by atoms with Crippen LogP contribution in [0, 0.1) is 0 Å². The first-order valence-electron chi connectivity index (χ1n) is 29.7. The normalized spacial score (nSPS) is 22.8. The second kappa shape index (κ2) is 9.52. The number of hydrogen-bond acceptors (Lipinski definition) is 9. The van der Waals surface area contributed by atoms with Gasteiger partial charge in [-0.25, -0.2) is 19.6 Å². The van der Waals surface area contributed by atoms with E-state index in [1.165, 1.54) is 118 Å². The maximum absolute atomic E-state index is 18.1. The third kappa shape index (κ3) is 2.65. The van der Waals surface area contributed by atoms with Crippen molar-refractivity contribution >= 4 is 276 Å². The lowest BCUT2D eigenvalue weighted by Gasteiger charge is -2.44. The first-order chi connectivity index (χ1) is 41.1. The summed E-state index contributed by atoms with van der Waals surface area (Å²) in [6.07, 6.45) is 0. The number of anilines is 1. The van der Waals surface area contributed by atoms with Crippen molar-refractivity contribution < 1.29 is 39.0 Å². The molecule has 1 aliphatic heterocycles. The van der Waals surface area contributed by atoms with Gasteiger partial charge in [0.1, 0.15) is 5.57 Å². The largest absolute Gasteiger partial charge is 0.452 e. The summed E-state index contributed by atoms with van der Waals surface area (Å²) in [5.74, 6) is -1.34. The molecule has 30 rings (SSSR count). The zero-order valence-corrected chi connectivity index (χ0v) is 46.5. The van der Waals surface area contributed by atoms with E-state index in [2.05, 4.69) is 21.2 Å². The lowest BCUT2D eigenvalue weighted by molar-refractivity contribution is -0.395. The fourth-order valence-corrected chi connectivity index (χ4v) is 23.7. The summed E-state index contributed by atoms with van der Waals surface area (Å²) < 4.78 is 8.90. The molecular formula is C74H24BrNO9. The smallest absolute Gasteiger partial charge is 0.258 e. The Balaban J connectivity index is 1.06. The molecule has 24 aromatic rings. The van der Waals surface area contributed by atoms with Gasteiger partial charge in [-0.05, 0) is 249 Å². The molecule has 0 spiro atoms. The molecule has 6 aliphatic rings. The molecule has 0 saturated heterocycles. The molecule has 2 N–H and O–H groups in total. The Morgan fingerprint density at radius 2 is 0.741 bits per heavy atom. The molecule has 0 fully saturated rings. The van der Waals surface area contributed by atoms with Gasteiger partial charge in [0.2, 0.25) is 17.0 Å². The highest BCUT2D eigenvalue weighted by Crippen LogP contribution is 2.80. The number of ketones is 1. The van der Waals surface area contributed by atoms with Crippen LogP contribution in [0.5, 0.6) is 0 Å². The Morgan fingerprint density at radius 1 is 0.424 bits per heavy atom. The molecule has 0 unspecified atom stereocenters. The molecule has 85 heavy (non-hydrogen) atoms. The second-order valence-electron chi connectivity index (χ2n) is 29.5. The van der Waals surface area contributed by atoms with Crippen LogP contribution in [-0.2, 0) is 50.7 Å². The van der Waals surface area contributed by atoms with E-state index in [1.54, 1.807) is 0 Å². The number of aliphatic hydroxyl groups is 1. The monoisotopic (exact) mass is 1150 g/mol. The van der Waals surface area contributed by atoms with Crippen molar-refractivity contribution in [3.05, 3.63) is 88.9 Å². The second-order valence-corrected chi connectivity index (χ2v) is 30.4. The highest BCUT2D eigenvalue weighted by atomic mass is 79.9. The summed E-state index contributed by atoms with van der Waals surface area (Å²) in [5, 5.41) is 67.2. The number of Topliss-reactive ketones (excluding diaryl/α,β-unsaturated/α-hetero) is 1. The van der Waals surface area contributed by atoms with E-state index in [0.29, 0.717) is 49.5 Å². The number of nitrogens with one attached hydrogen (secondary N) is 1. The maximum atomic E-state index is 18.1. The van der Waals surface area contributed by atoms with E-state index in [9.17, 15) is 0 Å². The zero-order chi connectivity index (χ0) is 54.6. The first-order valence-corrected chi connectivity index (χ1v) is 30.4. The quantitative estimate of drug-likeness (QED) is 0.0950. The lowest BCUT2D eigenvalue weighted by atomic mass is 9.67. The highest BCUT2D eigenvalue weighted by molar-refractivity contribution is 9.10. The minimum absolute atomic E-state index is 0.0515. The Hall–Kier alpha value is -8.91. The van der Waals surface area contributed by atoms with Crippen LogP contribution in [0.3, 0.4) is 0 Å². The average molecular weight is 1150 g/mol. The fraction of sp³-hybridized carbons (Fsp3) is 0.149. The van der Waals surface area contributed by atoms with Gasteiger partial charge in [-0.3, -0.25) is 14.4 Å². The Morgan fingerprint density at radius 3 is 1.16 bits per heavy atom. The number of halogens is 1. The molecule has 0 saturated carbocycles.